The summed E-state index contributed by atoms with van der Waals surface area (Å²) in [6.07, 6.45) is 1.31. The van der Waals surface area contributed by atoms with Crippen LogP contribution in [0.3, 0.4) is 0 Å². The molecule has 2 N–H and O–H groups in total. The van der Waals surface area contributed by atoms with E-state index in [0.717, 1.165) is 12.8 Å². The van der Waals surface area contributed by atoms with E-state index >= 15 is 0 Å². The molecule has 0 aliphatic heterocycles. The molecule has 1 fully saturated rings. The quantitative estimate of drug-likeness (QED) is 0.586. The Kier molecular flexibility index (Phi) is 5.64. The molecule has 0 radical (unpaired) electrons. The highest BCUT2D eigenvalue weighted by atomic mass is 16.4. The average molecular weight is 300 g/mol. The lowest BCUT2D eigenvalue weighted by Gasteiger charge is -2.35. The number of quaternary nitrogens is 1. The van der Waals surface area contributed by atoms with E-state index in [1.165, 1.54) is 0 Å². The number of ketones is 2. The number of carbonyl (C=O) groups is 3. The first kappa shape index (κ1) is 17.8. The van der Waals surface area contributed by atoms with E-state index in [4.69, 9.17) is 0 Å². The van der Waals surface area contributed by atoms with Crippen molar-refractivity contribution in [3.8, 4) is 0 Å². The van der Waals surface area contributed by atoms with Crippen LogP contribution in [0.15, 0.2) is 0 Å². The van der Waals surface area contributed by atoms with Crippen molar-refractivity contribution in [3.63, 3.8) is 0 Å². The Hall–Kier alpha value is -1.27. The van der Waals surface area contributed by atoms with E-state index in [0.29, 0.717) is 12.8 Å². The minimum absolute atomic E-state index is 0.0315. The lowest BCUT2D eigenvalue weighted by Crippen LogP contribution is -2.59. The van der Waals surface area contributed by atoms with Gasteiger partial charge in [-0.3, -0.25) is 14.4 Å². The predicted molar refractivity (Wildman–Crippen MR) is 76.7 cm³/mol. The zero-order chi connectivity index (χ0) is 16.3. The maximum absolute atomic E-state index is 12.5. The van der Waals surface area contributed by atoms with Gasteiger partial charge in [-0.05, 0) is 12.8 Å². The van der Waals surface area contributed by atoms with Crippen molar-refractivity contribution in [3.05, 3.63) is 0 Å². The molecule has 120 valence electrons. The molecule has 0 amide bonds. The summed E-state index contributed by atoms with van der Waals surface area (Å²) in [5, 5.41) is 20.0. The third kappa shape index (κ3) is 3.89. The molecule has 1 aliphatic rings. The number of hydrogen-bond acceptors (Lipinski definition) is 4. The number of hydrogen-bond donors (Lipinski definition) is 2. The van der Waals surface area contributed by atoms with Crippen molar-refractivity contribution in [1.82, 2.24) is 0 Å². The number of nitrogens with zero attached hydrogens (tertiary/aromatic N) is 1. The van der Waals surface area contributed by atoms with Crippen LogP contribution < -0.4 is 0 Å². The van der Waals surface area contributed by atoms with Crippen LogP contribution in [0.1, 0.15) is 38.5 Å². The SMILES string of the molecule is C[N+](C)(C)CC(O)C1(C(=O)O)C(=O)CCCCCCC1=O. The van der Waals surface area contributed by atoms with Crippen molar-refractivity contribution in [2.45, 2.75) is 44.6 Å². The molecule has 0 aromatic heterocycles. The van der Waals surface area contributed by atoms with Crippen LogP contribution in [0.25, 0.3) is 0 Å². The maximum Gasteiger partial charge on any atom is 0.327 e. The minimum atomic E-state index is -2.30. The van der Waals surface area contributed by atoms with Crippen LogP contribution in [0.5, 0.6) is 0 Å². The number of aliphatic hydroxyl groups excluding tert-OH is 1. The minimum Gasteiger partial charge on any atom is -0.480 e. The van der Waals surface area contributed by atoms with Gasteiger partial charge in [-0.25, -0.2) is 0 Å². The monoisotopic (exact) mass is 300 g/mol. The van der Waals surface area contributed by atoms with Gasteiger partial charge in [0.15, 0.2) is 11.6 Å². The van der Waals surface area contributed by atoms with E-state index in [-0.39, 0.29) is 23.9 Å². The van der Waals surface area contributed by atoms with Gasteiger partial charge in [0.25, 0.3) is 0 Å². The normalized spacial score (nSPS) is 22.1. The molecular formula is C15H26NO5+. The number of carboxylic acids is 1. The molecule has 1 atom stereocenters. The van der Waals surface area contributed by atoms with Gasteiger partial charge >= 0.3 is 5.97 Å². The number of Topliss-reactive ketones (excluding diaryl/α,β-unsaturated/α-hetero) is 2. The fourth-order valence-corrected chi connectivity index (χ4v) is 2.88. The molecule has 1 saturated carbocycles. The average Bonchev–Trinajstić information content (AvgIpc) is 2.37. The molecule has 6 heteroatoms. The highest BCUT2D eigenvalue weighted by Gasteiger charge is 2.58. The summed E-state index contributed by atoms with van der Waals surface area (Å²) in [5.41, 5.74) is -2.30. The number of likely N-dealkylation sites (N-methyl/N-ethyl adjacent to an activating group) is 1. The zero-order valence-corrected chi connectivity index (χ0v) is 13.1. The van der Waals surface area contributed by atoms with Gasteiger partial charge in [-0.1, -0.05) is 12.8 Å². The lowest BCUT2D eigenvalue weighted by molar-refractivity contribution is -0.874. The van der Waals surface area contributed by atoms with Gasteiger partial charge < -0.3 is 14.7 Å². The molecule has 0 heterocycles. The van der Waals surface area contributed by atoms with Gasteiger partial charge in [-0.15, -0.1) is 0 Å². The predicted octanol–water partition coefficient (Wildman–Crippen LogP) is 0.617. The summed E-state index contributed by atoms with van der Waals surface area (Å²) in [6.45, 7) is 0.0315. The highest BCUT2D eigenvalue weighted by Crippen LogP contribution is 2.33. The van der Waals surface area contributed by atoms with Gasteiger partial charge in [0.1, 0.15) is 12.6 Å². The van der Waals surface area contributed by atoms with Crippen molar-refractivity contribution in [2.75, 3.05) is 27.7 Å². The Balaban J connectivity index is 3.26. The summed E-state index contributed by atoms with van der Waals surface area (Å²) in [4.78, 5) is 36.7. The van der Waals surface area contributed by atoms with Gasteiger partial charge in [-0.2, -0.15) is 0 Å². The van der Waals surface area contributed by atoms with Crippen molar-refractivity contribution in [2.24, 2.45) is 5.41 Å². The van der Waals surface area contributed by atoms with E-state index < -0.39 is 29.1 Å². The van der Waals surface area contributed by atoms with Crippen molar-refractivity contribution < 1.29 is 29.1 Å². The standard InChI is InChI=1S/C15H25NO5/c1-16(2,3)10-13(19)15(14(20)21)11(17)8-6-4-5-7-9-12(15)18/h13,19H,4-10H2,1-3H3/p+1. The van der Waals surface area contributed by atoms with Crippen LogP contribution >= 0.6 is 0 Å². The highest BCUT2D eigenvalue weighted by molar-refractivity contribution is 6.22. The first-order chi connectivity index (χ1) is 9.62. The van der Waals surface area contributed by atoms with Crippen LogP contribution in [-0.4, -0.2) is 66.0 Å². The number of aliphatic hydroxyl groups is 1. The fourth-order valence-electron chi connectivity index (χ4n) is 2.88. The number of aliphatic carboxylic acids is 1. The second kappa shape index (κ2) is 6.66. The third-order valence-corrected chi connectivity index (χ3v) is 4.00. The first-order valence-electron chi connectivity index (χ1n) is 7.41. The largest absolute Gasteiger partial charge is 0.480 e. The molecule has 6 nitrogen and oxygen atoms in total. The molecule has 1 unspecified atom stereocenters. The molecule has 21 heavy (non-hydrogen) atoms. The third-order valence-electron chi connectivity index (χ3n) is 4.00. The van der Waals surface area contributed by atoms with Crippen molar-refractivity contribution in [1.29, 1.82) is 0 Å². The Bertz CT molecular complexity index is 404. The van der Waals surface area contributed by atoms with E-state index in [1.54, 1.807) is 21.1 Å². The molecule has 0 saturated heterocycles. The summed E-state index contributed by atoms with van der Waals surface area (Å²) in [7, 11) is 5.34. The van der Waals surface area contributed by atoms with Gasteiger partial charge in [0.05, 0.1) is 21.1 Å². The second-order valence-corrected chi connectivity index (χ2v) is 6.86. The molecule has 0 spiro atoms. The molecule has 1 aliphatic carbocycles. The lowest BCUT2D eigenvalue weighted by atomic mass is 9.71. The molecule has 0 bridgehead atoms. The maximum atomic E-state index is 12.5. The first-order valence-corrected chi connectivity index (χ1v) is 7.41. The smallest absolute Gasteiger partial charge is 0.327 e. The molecular weight excluding hydrogens is 274 g/mol. The second-order valence-electron chi connectivity index (χ2n) is 6.86. The summed E-state index contributed by atoms with van der Waals surface area (Å²) in [5.74, 6) is -2.81. The Morgan fingerprint density at radius 3 is 1.86 bits per heavy atom. The summed E-state index contributed by atoms with van der Waals surface area (Å²) in [6, 6.07) is 0. The van der Waals surface area contributed by atoms with E-state index in [1.807, 2.05) is 0 Å². The number of carbonyl (C=O) groups excluding carboxylic acids is 2. The zero-order valence-electron chi connectivity index (χ0n) is 13.1. The number of carboxylic acid groups (broad SMARTS) is 1. The fraction of sp³-hybridized carbons (Fsp3) is 0.800. The van der Waals surface area contributed by atoms with Gasteiger partial charge in [0, 0.05) is 12.8 Å². The van der Waals surface area contributed by atoms with Crippen molar-refractivity contribution >= 4 is 17.5 Å². The Labute approximate surface area is 125 Å². The van der Waals surface area contributed by atoms with Crippen LogP contribution in [-0.2, 0) is 14.4 Å². The Morgan fingerprint density at radius 2 is 1.52 bits per heavy atom. The van der Waals surface area contributed by atoms with Crippen LogP contribution in [0.2, 0.25) is 0 Å². The Morgan fingerprint density at radius 1 is 1.10 bits per heavy atom. The topological polar surface area (TPSA) is 91.7 Å². The van der Waals surface area contributed by atoms with E-state index in [9.17, 15) is 24.6 Å². The summed E-state index contributed by atoms with van der Waals surface area (Å²) >= 11 is 0. The number of rotatable bonds is 4. The van der Waals surface area contributed by atoms with Crippen LogP contribution in [0.4, 0.5) is 0 Å². The summed E-state index contributed by atoms with van der Waals surface area (Å²) < 4.78 is 0.275. The van der Waals surface area contributed by atoms with Crippen LogP contribution in [0, 0.1) is 5.41 Å². The van der Waals surface area contributed by atoms with E-state index in [2.05, 4.69) is 0 Å². The molecule has 0 aromatic rings. The molecule has 0 aromatic carbocycles. The molecule has 1 rings (SSSR count). The van der Waals surface area contributed by atoms with Gasteiger partial charge in [0.2, 0.25) is 5.41 Å².